The maximum atomic E-state index is 10.2. The van der Waals surface area contributed by atoms with Crippen molar-refractivity contribution in [2.24, 2.45) is 0 Å². The van der Waals surface area contributed by atoms with Crippen molar-refractivity contribution in [2.45, 2.75) is 32.0 Å². The zero-order valence-electron chi connectivity index (χ0n) is 12.9. The number of thiazole rings is 1. The van der Waals surface area contributed by atoms with Crippen molar-refractivity contribution in [2.75, 3.05) is 0 Å². The summed E-state index contributed by atoms with van der Waals surface area (Å²) < 4.78 is 11.6. The van der Waals surface area contributed by atoms with Crippen LogP contribution in [0.4, 0.5) is 0 Å². The van der Waals surface area contributed by atoms with Crippen LogP contribution in [0.1, 0.15) is 19.4 Å². The van der Waals surface area contributed by atoms with E-state index in [9.17, 15) is 5.11 Å². The van der Waals surface area contributed by atoms with Crippen LogP contribution in [-0.4, -0.2) is 36.9 Å². The van der Waals surface area contributed by atoms with Gasteiger partial charge in [-0.2, -0.15) is 4.98 Å². The number of hydrogen-bond acceptors (Lipinski definition) is 8. The second kappa shape index (κ2) is 5.51. The highest BCUT2D eigenvalue weighted by atomic mass is 35.5. The highest BCUT2D eigenvalue weighted by Crippen LogP contribution is 2.34. The average Bonchev–Trinajstić information content (AvgIpc) is 3.16. The number of pyridine rings is 1. The fourth-order valence-electron chi connectivity index (χ4n) is 2.41. The highest BCUT2D eigenvalue weighted by molar-refractivity contribution is 7.18. The van der Waals surface area contributed by atoms with Crippen molar-refractivity contribution in [3.8, 4) is 28.2 Å². The number of hydrogen-bond donors (Lipinski definition) is 1. The molecule has 1 N–H and O–H groups in total. The van der Waals surface area contributed by atoms with Crippen LogP contribution in [0, 0.1) is 0 Å². The second-order valence-electron chi connectivity index (χ2n) is 6.01. The molecular weight excluding hydrogens is 352 g/mol. The van der Waals surface area contributed by atoms with Crippen molar-refractivity contribution in [1.82, 2.24) is 20.1 Å². The van der Waals surface area contributed by atoms with Crippen LogP contribution in [0.3, 0.4) is 0 Å². The maximum Gasteiger partial charge on any atom is 0.259 e. The molecule has 1 aliphatic heterocycles. The molecule has 24 heavy (non-hydrogen) atoms. The van der Waals surface area contributed by atoms with Gasteiger partial charge in [-0.1, -0.05) is 28.1 Å². The molecule has 4 rings (SSSR count). The fraction of sp³-hybridized carbons (Fsp3) is 0.333. The Kier molecular flexibility index (Phi) is 3.56. The van der Waals surface area contributed by atoms with Crippen molar-refractivity contribution in [3.05, 3.63) is 28.4 Å². The van der Waals surface area contributed by atoms with E-state index in [0.29, 0.717) is 38.9 Å². The number of aliphatic hydroxyl groups is 1. The molecule has 0 spiro atoms. The molecule has 3 aromatic heterocycles. The van der Waals surface area contributed by atoms with Gasteiger partial charge in [0, 0.05) is 18.2 Å². The van der Waals surface area contributed by atoms with Gasteiger partial charge in [0.1, 0.15) is 9.94 Å². The largest absolute Gasteiger partial charge is 0.469 e. The minimum Gasteiger partial charge on any atom is -0.469 e. The lowest BCUT2D eigenvalue weighted by atomic mass is 9.92. The zero-order chi connectivity index (χ0) is 16.9. The molecule has 7 nitrogen and oxygen atoms in total. The Morgan fingerprint density at radius 2 is 2.17 bits per heavy atom. The van der Waals surface area contributed by atoms with Gasteiger partial charge in [-0.25, -0.2) is 9.97 Å². The summed E-state index contributed by atoms with van der Waals surface area (Å²) in [5.41, 5.74) is 0.797. The first kappa shape index (κ1) is 15.5. The third-order valence-electron chi connectivity index (χ3n) is 3.84. The zero-order valence-corrected chi connectivity index (χ0v) is 14.4. The van der Waals surface area contributed by atoms with Crippen molar-refractivity contribution in [1.29, 1.82) is 0 Å². The fourth-order valence-corrected chi connectivity index (χ4v) is 3.25. The van der Waals surface area contributed by atoms with Crippen molar-refractivity contribution < 1.29 is 14.4 Å². The van der Waals surface area contributed by atoms with Gasteiger partial charge in [-0.05, 0) is 19.9 Å². The Balaban J connectivity index is 1.67. The van der Waals surface area contributed by atoms with Gasteiger partial charge in [0.25, 0.3) is 5.89 Å². The average molecular weight is 365 g/mol. The minimum absolute atomic E-state index is 0.325. The second-order valence-corrected chi connectivity index (χ2v) is 7.67. The molecular formula is C15H13ClN4O3S. The van der Waals surface area contributed by atoms with Gasteiger partial charge in [0.05, 0.1) is 17.9 Å². The Morgan fingerprint density at radius 1 is 1.33 bits per heavy atom. The van der Waals surface area contributed by atoms with Crippen LogP contribution < -0.4 is 4.74 Å². The Hall–Kier alpha value is -2.03. The van der Waals surface area contributed by atoms with Crippen LogP contribution in [0.25, 0.3) is 22.3 Å². The number of aliphatic hydroxyl groups excluding tert-OH is 1. The molecule has 0 radical (unpaired) electrons. The molecule has 1 aliphatic rings. The molecule has 1 atom stereocenters. The number of halogens is 1. The number of aromatic nitrogens is 4. The number of nitrogens with zero attached hydrogens (tertiary/aromatic N) is 4. The van der Waals surface area contributed by atoms with Crippen LogP contribution in [0.2, 0.25) is 4.34 Å². The predicted molar refractivity (Wildman–Crippen MR) is 88.1 cm³/mol. The monoisotopic (exact) mass is 364 g/mol. The molecule has 0 unspecified atom stereocenters. The van der Waals surface area contributed by atoms with Crippen LogP contribution in [0.15, 0.2) is 23.0 Å². The molecule has 0 amide bonds. The van der Waals surface area contributed by atoms with Crippen LogP contribution >= 0.6 is 22.9 Å². The van der Waals surface area contributed by atoms with Gasteiger partial charge in [-0.15, -0.1) is 0 Å². The van der Waals surface area contributed by atoms with Crippen molar-refractivity contribution in [3.63, 3.8) is 0 Å². The Morgan fingerprint density at radius 3 is 2.92 bits per heavy atom. The number of fused-ring (bicyclic) bond motifs is 1. The van der Waals surface area contributed by atoms with Crippen LogP contribution in [-0.2, 0) is 6.42 Å². The first-order valence-electron chi connectivity index (χ1n) is 7.24. The summed E-state index contributed by atoms with van der Waals surface area (Å²) >= 11 is 7.15. The molecule has 0 aliphatic carbocycles. The van der Waals surface area contributed by atoms with E-state index in [0.717, 1.165) is 5.56 Å². The smallest absolute Gasteiger partial charge is 0.259 e. The van der Waals surface area contributed by atoms with E-state index in [1.807, 2.05) is 19.9 Å². The molecule has 124 valence electrons. The highest BCUT2D eigenvalue weighted by Gasteiger charge is 2.36. The summed E-state index contributed by atoms with van der Waals surface area (Å²) in [5, 5.41) is 14.7. The maximum absolute atomic E-state index is 10.2. The lowest BCUT2D eigenvalue weighted by Crippen LogP contribution is -2.46. The van der Waals surface area contributed by atoms with E-state index in [4.69, 9.17) is 20.9 Å². The number of ether oxygens (including phenoxy) is 1. The molecule has 0 saturated carbocycles. The quantitative estimate of drug-likeness (QED) is 0.746. The summed E-state index contributed by atoms with van der Waals surface area (Å²) in [5.74, 6) is 1.21. The lowest BCUT2D eigenvalue weighted by Gasteiger charge is -2.36. The third-order valence-corrected chi connectivity index (χ3v) is 4.95. The molecule has 3 aromatic rings. The van der Waals surface area contributed by atoms with Crippen molar-refractivity contribution >= 4 is 22.9 Å². The molecule has 0 bridgehead atoms. The summed E-state index contributed by atoms with van der Waals surface area (Å²) in [6.07, 6.45) is 2.99. The molecule has 9 heteroatoms. The first-order chi connectivity index (χ1) is 11.4. The Labute approximate surface area is 146 Å². The molecule has 0 saturated heterocycles. The summed E-state index contributed by atoms with van der Waals surface area (Å²) in [6, 6.07) is 1.84. The molecule has 4 heterocycles. The summed E-state index contributed by atoms with van der Waals surface area (Å²) in [7, 11) is 0. The minimum atomic E-state index is -0.663. The summed E-state index contributed by atoms with van der Waals surface area (Å²) in [4.78, 5) is 12.8. The van der Waals surface area contributed by atoms with E-state index in [2.05, 4.69) is 20.1 Å². The summed E-state index contributed by atoms with van der Waals surface area (Å²) in [6.45, 7) is 3.67. The van der Waals surface area contributed by atoms with E-state index in [1.54, 1.807) is 12.4 Å². The Bertz CT molecular complexity index is 908. The van der Waals surface area contributed by atoms with E-state index in [1.165, 1.54) is 11.3 Å². The standard InChI is InChI=1S/C15H13ClN4O3S/c1-15(2)9(21)4-7-3-8(5-17-12(7)22-15)13-19-11(20-23-13)14-18-6-10(16)24-14/h3,5-6,9,21H,4H2,1-2H3/t9-/m0/s1. The van der Waals surface area contributed by atoms with E-state index < -0.39 is 11.7 Å². The van der Waals surface area contributed by atoms with Gasteiger partial charge < -0.3 is 14.4 Å². The predicted octanol–water partition coefficient (Wildman–Crippen LogP) is 2.98. The van der Waals surface area contributed by atoms with Gasteiger partial charge in [0.2, 0.25) is 11.7 Å². The topological polar surface area (TPSA) is 94.2 Å². The molecule has 0 aromatic carbocycles. The first-order valence-corrected chi connectivity index (χ1v) is 8.43. The van der Waals surface area contributed by atoms with E-state index in [-0.39, 0.29) is 0 Å². The third kappa shape index (κ3) is 2.66. The van der Waals surface area contributed by atoms with E-state index >= 15 is 0 Å². The van der Waals surface area contributed by atoms with Gasteiger partial charge >= 0.3 is 0 Å². The van der Waals surface area contributed by atoms with Crippen LogP contribution in [0.5, 0.6) is 5.88 Å². The SMILES string of the molecule is CC1(C)Oc2ncc(-c3nc(-c4ncc(Cl)s4)no3)cc2C[C@@H]1O. The number of rotatable bonds is 2. The normalized spacial score (nSPS) is 18.9. The van der Waals surface area contributed by atoms with Gasteiger partial charge in [-0.3, -0.25) is 0 Å². The lowest BCUT2D eigenvalue weighted by molar-refractivity contribution is -0.0442. The van der Waals surface area contributed by atoms with Gasteiger partial charge in [0.15, 0.2) is 5.01 Å². The molecule has 0 fully saturated rings.